The van der Waals surface area contributed by atoms with Crippen LogP contribution in [0.15, 0.2) is 18.2 Å². The summed E-state index contributed by atoms with van der Waals surface area (Å²) in [5, 5.41) is 5.36. The molecule has 1 rings (SSSR count). The predicted octanol–water partition coefficient (Wildman–Crippen LogP) is 2.98. The van der Waals surface area contributed by atoms with Crippen molar-refractivity contribution in [1.82, 2.24) is 5.32 Å². The number of anilines is 1. The smallest absolute Gasteiger partial charge is 0.320 e. The highest BCUT2D eigenvalue weighted by molar-refractivity contribution is 5.92. The minimum Gasteiger partial charge on any atom is -0.327 e. The van der Waals surface area contributed by atoms with Crippen molar-refractivity contribution in [3.63, 3.8) is 0 Å². The van der Waals surface area contributed by atoms with Crippen LogP contribution in [0.2, 0.25) is 0 Å². The Labute approximate surface area is 120 Å². The Balaban J connectivity index is 2.59. The van der Waals surface area contributed by atoms with Crippen molar-refractivity contribution in [2.45, 2.75) is 27.7 Å². The van der Waals surface area contributed by atoms with E-state index in [9.17, 15) is 9.59 Å². The molecule has 0 saturated carbocycles. The van der Waals surface area contributed by atoms with Crippen LogP contribution in [0.4, 0.5) is 10.5 Å². The number of urea groups is 1. The number of rotatable bonds is 3. The predicted molar refractivity (Wildman–Crippen MR) is 80.8 cm³/mol. The molecule has 4 heteroatoms. The third kappa shape index (κ3) is 5.15. The second-order valence-corrected chi connectivity index (χ2v) is 5.50. The first-order valence-electron chi connectivity index (χ1n) is 6.43. The minimum absolute atomic E-state index is 0.0764. The van der Waals surface area contributed by atoms with Crippen LogP contribution >= 0.6 is 0 Å². The molecule has 0 aliphatic rings. The lowest BCUT2D eigenvalue weighted by atomic mass is 9.98. The quantitative estimate of drug-likeness (QED) is 0.656. The van der Waals surface area contributed by atoms with E-state index >= 15 is 0 Å². The highest BCUT2D eigenvalue weighted by Crippen LogP contribution is 2.17. The zero-order valence-corrected chi connectivity index (χ0v) is 12.3. The van der Waals surface area contributed by atoms with Gasteiger partial charge in [0.25, 0.3) is 0 Å². The molecule has 0 spiro atoms. The molecule has 20 heavy (non-hydrogen) atoms. The SMILES string of the molecule is Cc1c(C=O)cccc1NC(=O)NCC#CC(C)(C)C. The van der Waals surface area contributed by atoms with Gasteiger partial charge in [-0.3, -0.25) is 4.79 Å². The molecule has 2 N–H and O–H groups in total. The van der Waals surface area contributed by atoms with Crippen molar-refractivity contribution in [2.75, 3.05) is 11.9 Å². The van der Waals surface area contributed by atoms with Crippen LogP contribution in [0, 0.1) is 24.2 Å². The van der Waals surface area contributed by atoms with Gasteiger partial charge in [0.15, 0.2) is 0 Å². The van der Waals surface area contributed by atoms with E-state index < -0.39 is 0 Å². The summed E-state index contributed by atoms with van der Waals surface area (Å²) in [5.41, 5.74) is 1.86. The fourth-order valence-electron chi connectivity index (χ4n) is 1.52. The summed E-state index contributed by atoms with van der Waals surface area (Å²) in [4.78, 5) is 22.5. The van der Waals surface area contributed by atoms with Crippen LogP contribution in [0.1, 0.15) is 36.7 Å². The van der Waals surface area contributed by atoms with Crippen LogP contribution in [0.5, 0.6) is 0 Å². The summed E-state index contributed by atoms with van der Waals surface area (Å²) >= 11 is 0. The fourth-order valence-corrected chi connectivity index (χ4v) is 1.52. The largest absolute Gasteiger partial charge is 0.327 e. The van der Waals surface area contributed by atoms with E-state index in [4.69, 9.17) is 0 Å². The first kappa shape index (κ1) is 15.8. The number of carbonyl (C=O) groups is 2. The Morgan fingerprint density at radius 1 is 1.35 bits per heavy atom. The first-order chi connectivity index (χ1) is 9.33. The van der Waals surface area contributed by atoms with Gasteiger partial charge in [-0.2, -0.15) is 0 Å². The lowest BCUT2D eigenvalue weighted by molar-refractivity contribution is 0.112. The molecular formula is C16H20N2O2. The second kappa shape index (κ2) is 6.76. The summed E-state index contributed by atoms with van der Waals surface area (Å²) in [6, 6.07) is 4.86. The van der Waals surface area contributed by atoms with Gasteiger partial charge >= 0.3 is 6.03 Å². The Kier molecular flexibility index (Phi) is 5.33. The summed E-state index contributed by atoms with van der Waals surface area (Å²) < 4.78 is 0. The van der Waals surface area contributed by atoms with Crippen molar-refractivity contribution < 1.29 is 9.59 Å². The summed E-state index contributed by atoms with van der Waals surface area (Å²) in [6.07, 6.45) is 0.771. The Hall–Kier alpha value is -2.28. The molecule has 0 aliphatic heterocycles. The molecule has 0 atom stereocenters. The molecule has 0 heterocycles. The van der Waals surface area contributed by atoms with Gasteiger partial charge in [0, 0.05) is 16.7 Å². The monoisotopic (exact) mass is 272 g/mol. The number of hydrogen-bond donors (Lipinski definition) is 2. The van der Waals surface area contributed by atoms with E-state index in [-0.39, 0.29) is 18.0 Å². The second-order valence-electron chi connectivity index (χ2n) is 5.50. The lowest BCUT2D eigenvalue weighted by Crippen LogP contribution is -2.29. The maximum atomic E-state index is 11.7. The average molecular weight is 272 g/mol. The molecule has 0 saturated heterocycles. The van der Waals surface area contributed by atoms with Gasteiger partial charge in [0.1, 0.15) is 6.29 Å². The van der Waals surface area contributed by atoms with Crippen LogP contribution < -0.4 is 10.6 Å². The van der Waals surface area contributed by atoms with E-state index in [2.05, 4.69) is 22.5 Å². The van der Waals surface area contributed by atoms with Crippen molar-refractivity contribution >= 4 is 18.0 Å². The highest BCUT2D eigenvalue weighted by atomic mass is 16.2. The summed E-state index contributed by atoms with van der Waals surface area (Å²) in [7, 11) is 0. The third-order valence-electron chi connectivity index (χ3n) is 2.55. The van der Waals surface area contributed by atoms with Gasteiger partial charge in [0.05, 0.1) is 6.54 Å². The van der Waals surface area contributed by atoms with E-state index in [1.807, 2.05) is 20.8 Å². The molecule has 0 unspecified atom stereocenters. The summed E-state index contributed by atoms with van der Waals surface area (Å²) in [5.74, 6) is 5.93. The van der Waals surface area contributed by atoms with Crippen LogP contribution in [-0.4, -0.2) is 18.9 Å². The molecule has 0 fully saturated rings. The fraction of sp³-hybridized carbons (Fsp3) is 0.375. The van der Waals surface area contributed by atoms with E-state index in [0.717, 1.165) is 11.8 Å². The molecule has 0 bridgehead atoms. The van der Waals surface area contributed by atoms with Gasteiger partial charge in [0.2, 0.25) is 0 Å². The van der Waals surface area contributed by atoms with Crippen LogP contribution in [0.25, 0.3) is 0 Å². The number of nitrogens with one attached hydrogen (secondary N) is 2. The maximum absolute atomic E-state index is 11.7. The van der Waals surface area contributed by atoms with Gasteiger partial charge in [-0.1, -0.05) is 24.0 Å². The topological polar surface area (TPSA) is 58.2 Å². The zero-order chi connectivity index (χ0) is 15.2. The molecule has 106 valence electrons. The van der Waals surface area contributed by atoms with E-state index in [0.29, 0.717) is 11.3 Å². The maximum Gasteiger partial charge on any atom is 0.320 e. The van der Waals surface area contributed by atoms with Gasteiger partial charge in [-0.15, -0.1) is 0 Å². The van der Waals surface area contributed by atoms with Gasteiger partial charge in [-0.25, -0.2) is 4.79 Å². The summed E-state index contributed by atoms with van der Waals surface area (Å²) in [6.45, 7) is 8.10. The molecular weight excluding hydrogens is 252 g/mol. The van der Waals surface area contributed by atoms with Crippen molar-refractivity contribution in [3.8, 4) is 11.8 Å². The lowest BCUT2D eigenvalue weighted by Gasteiger charge is -2.10. The molecule has 0 radical (unpaired) electrons. The van der Waals surface area contributed by atoms with Crippen LogP contribution in [0.3, 0.4) is 0 Å². The number of benzene rings is 1. The van der Waals surface area contributed by atoms with Crippen molar-refractivity contribution in [1.29, 1.82) is 0 Å². The molecule has 1 aromatic carbocycles. The number of aldehydes is 1. The number of hydrogen-bond acceptors (Lipinski definition) is 2. The number of carbonyl (C=O) groups excluding carboxylic acids is 2. The highest BCUT2D eigenvalue weighted by Gasteiger charge is 2.06. The molecule has 0 aliphatic carbocycles. The minimum atomic E-state index is -0.334. The van der Waals surface area contributed by atoms with Crippen molar-refractivity contribution in [2.24, 2.45) is 5.41 Å². The normalized spacial score (nSPS) is 10.2. The van der Waals surface area contributed by atoms with E-state index in [1.165, 1.54) is 0 Å². The average Bonchev–Trinajstić information content (AvgIpc) is 2.36. The van der Waals surface area contributed by atoms with Crippen molar-refractivity contribution in [3.05, 3.63) is 29.3 Å². The zero-order valence-electron chi connectivity index (χ0n) is 12.3. The molecule has 0 aromatic heterocycles. The molecule has 1 aromatic rings. The van der Waals surface area contributed by atoms with E-state index in [1.54, 1.807) is 25.1 Å². The standard InChI is InChI=1S/C16H20N2O2/c1-12-13(11-19)7-5-8-14(12)18-15(20)17-10-6-9-16(2,3)4/h5,7-8,11H,10H2,1-4H3,(H2,17,18,20). The Morgan fingerprint density at radius 3 is 2.65 bits per heavy atom. The Morgan fingerprint density at radius 2 is 2.05 bits per heavy atom. The molecule has 2 amide bonds. The van der Waals surface area contributed by atoms with Gasteiger partial charge < -0.3 is 10.6 Å². The van der Waals surface area contributed by atoms with Crippen LogP contribution in [-0.2, 0) is 0 Å². The van der Waals surface area contributed by atoms with Gasteiger partial charge in [-0.05, 0) is 39.3 Å². The Bertz CT molecular complexity index is 560. The molecule has 4 nitrogen and oxygen atoms in total. The first-order valence-corrected chi connectivity index (χ1v) is 6.43. The third-order valence-corrected chi connectivity index (χ3v) is 2.55. The number of amides is 2.